The van der Waals surface area contributed by atoms with Crippen molar-refractivity contribution in [2.24, 2.45) is 0 Å². The van der Waals surface area contributed by atoms with Crippen LogP contribution in [0.15, 0.2) is 59.1 Å². The molecule has 0 radical (unpaired) electrons. The Morgan fingerprint density at radius 1 is 1.15 bits per heavy atom. The lowest BCUT2D eigenvalue weighted by molar-refractivity contribution is -0.121. The van der Waals surface area contributed by atoms with Crippen molar-refractivity contribution in [3.8, 4) is 11.4 Å². The zero-order valence-electron chi connectivity index (χ0n) is 15.2. The van der Waals surface area contributed by atoms with Crippen LogP contribution in [0.3, 0.4) is 0 Å². The minimum Gasteiger partial charge on any atom is -0.354 e. The highest BCUT2D eigenvalue weighted by molar-refractivity contribution is 5.76. The van der Waals surface area contributed by atoms with E-state index >= 15 is 0 Å². The van der Waals surface area contributed by atoms with Crippen LogP contribution in [0.2, 0.25) is 0 Å². The van der Waals surface area contributed by atoms with E-state index in [0.717, 1.165) is 12.8 Å². The molecule has 0 aliphatic carbocycles. The summed E-state index contributed by atoms with van der Waals surface area (Å²) in [6.45, 7) is 2.00. The predicted molar refractivity (Wildman–Crippen MR) is 100 cm³/mol. The number of carbonyl (C=O) groups is 1. The second-order valence-electron chi connectivity index (χ2n) is 6.51. The Hall–Kier alpha value is -3.02. The number of amides is 1. The number of halogens is 1. The predicted octanol–water partition coefficient (Wildman–Crippen LogP) is 3.95. The number of nitrogens with zero attached hydrogens (tertiary/aromatic N) is 2. The van der Waals surface area contributed by atoms with Crippen molar-refractivity contribution in [1.82, 2.24) is 15.5 Å². The van der Waals surface area contributed by atoms with E-state index in [9.17, 15) is 9.18 Å². The van der Waals surface area contributed by atoms with Crippen LogP contribution in [0, 0.1) is 5.82 Å². The highest BCUT2D eigenvalue weighted by Gasteiger charge is 2.12. The zero-order valence-corrected chi connectivity index (χ0v) is 15.2. The molecule has 140 valence electrons. The van der Waals surface area contributed by atoms with E-state index in [2.05, 4.69) is 27.6 Å². The van der Waals surface area contributed by atoms with E-state index in [1.54, 1.807) is 12.1 Å². The Morgan fingerprint density at radius 2 is 1.96 bits per heavy atom. The van der Waals surface area contributed by atoms with Crippen LogP contribution in [-0.2, 0) is 17.6 Å². The van der Waals surface area contributed by atoms with E-state index in [1.165, 1.54) is 17.7 Å². The molecule has 0 bridgehead atoms. The maximum absolute atomic E-state index is 13.3. The number of hydrogen-bond donors (Lipinski definition) is 1. The lowest BCUT2D eigenvalue weighted by atomic mass is 10.1. The molecule has 0 unspecified atom stereocenters. The van der Waals surface area contributed by atoms with E-state index in [1.807, 2.05) is 25.1 Å². The van der Waals surface area contributed by atoms with Crippen molar-refractivity contribution in [3.05, 3.63) is 71.9 Å². The third-order valence-electron chi connectivity index (χ3n) is 4.23. The number of aryl methyl sites for hydroxylation is 2. The van der Waals surface area contributed by atoms with Gasteiger partial charge in [0.15, 0.2) is 0 Å². The molecule has 2 aromatic carbocycles. The molecule has 3 rings (SSSR count). The maximum atomic E-state index is 13.3. The summed E-state index contributed by atoms with van der Waals surface area (Å²) in [6, 6.07) is 16.3. The van der Waals surface area contributed by atoms with Gasteiger partial charge in [0, 0.05) is 24.4 Å². The van der Waals surface area contributed by atoms with Gasteiger partial charge in [-0.15, -0.1) is 0 Å². The van der Waals surface area contributed by atoms with Crippen LogP contribution in [0.4, 0.5) is 4.39 Å². The van der Waals surface area contributed by atoms with Crippen LogP contribution in [0.1, 0.15) is 31.2 Å². The minimum absolute atomic E-state index is 0.0546. The largest absolute Gasteiger partial charge is 0.354 e. The van der Waals surface area contributed by atoms with Gasteiger partial charge < -0.3 is 9.84 Å². The molecule has 0 aliphatic rings. The van der Waals surface area contributed by atoms with Crippen LogP contribution < -0.4 is 5.32 Å². The normalized spacial score (nSPS) is 11.9. The number of benzene rings is 2. The number of rotatable bonds is 8. The van der Waals surface area contributed by atoms with E-state index in [4.69, 9.17) is 4.52 Å². The fraction of sp³-hybridized carbons (Fsp3) is 0.286. The van der Waals surface area contributed by atoms with Crippen molar-refractivity contribution >= 4 is 5.91 Å². The monoisotopic (exact) mass is 367 g/mol. The Labute approximate surface area is 157 Å². The summed E-state index contributed by atoms with van der Waals surface area (Å²) < 4.78 is 18.4. The van der Waals surface area contributed by atoms with Crippen molar-refractivity contribution in [3.63, 3.8) is 0 Å². The van der Waals surface area contributed by atoms with Gasteiger partial charge in [-0.25, -0.2) is 4.39 Å². The summed E-state index contributed by atoms with van der Waals surface area (Å²) in [6.07, 6.45) is 2.41. The first kappa shape index (κ1) is 18.8. The SMILES string of the molecule is C[C@@H](CCc1ccccc1)NC(=O)CCc1nc(-c2cccc(F)c2)no1. The van der Waals surface area contributed by atoms with E-state index < -0.39 is 0 Å². The number of hydrogen-bond acceptors (Lipinski definition) is 4. The molecule has 0 aliphatic heterocycles. The van der Waals surface area contributed by atoms with Gasteiger partial charge in [-0.2, -0.15) is 4.98 Å². The smallest absolute Gasteiger partial charge is 0.227 e. The highest BCUT2D eigenvalue weighted by Crippen LogP contribution is 2.17. The Kier molecular flexibility index (Phi) is 6.30. The Bertz CT molecular complexity index is 880. The highest BCUT2D eigenvalue weighted by atomic mass is 19.1. The molecule has 0 saturated heterocycles. The van der Waals surface area contributed by atoms with E-state index in [0.29, 0.717) is 23.7 Å². The molecular formula is C21H22FN3O2. The van der Waals surface area contributed by atoms with Gasteiger partial charge >= 0.3 is 0 Å². The van der Waals surface area contributed by atoms with Gasteiger partial charge in [0.2, 0.25) is 17.6 Å². The molecule has 6 heteroatoms. The summed E-state index contributed by atoms with van der Waals surface area (Å²) >= 11 is 0. The van der Waals surface area contributed by atoms with Gasteiger partial charge in [0.05, 0.1) is 0 Å². The average molecular weight is 367 g/mol. The number of carbonyl (C=O) groups excluding carboxylic acids is 1. The summed E-state index contributed by atoms with van der Waals surface area (Å²) in [5.74, 6) is 0.270. The summed E-state index contributed by atoms with van der Waals surface area (Å²) in [5.41, 5.74) is 1.80. The van der Waals surface area contributed by atoms with Gasteiger partial charge in [-0.1, -0.05) is 47.6 Å². The van der Waals surface area contributed by atoms with Crippen molar-refractivity contribution in [1.29, 1.82) is 0 Å². The molecule has 0 saturated carbocycles. The topological polar surface area (TPSA) is 68.0 Å². The van der Waals surface area contributed by atoms with Crippen LogP contribution in [0.25, 0.3) is 11.4 Å². The molecule has 1 N–H and O–H groups in total. The fourth-order valence-corrected chi connectivity index (χ4v) is 2.77. The standard InChI is InChI=1S/C21H22FN3O2/c1-15(10-11-16-6-3-2-4-7-16)23-19(26)12-13-20-24-21(25-27-20)17-8-5-9-18(22)14-17/h2-9,14-15H,10-13H2,1H3,(H,23,26)/t15-/m0/s1. The van der Waals surface area contributed by atoms with Crippen molar-refractivity contribution in [2.75, 3.05) is 0 Å². The van der Waals surface area contributed by atoms with Gasteiger partial charge in [-0.05, 0) is 37.5 Å². The summed E-state index contributed by atoms with van der Waals surface area (Å²) in [7, 11) is 0. The number of nitrogens with one attached hydrogen (secondary N) is 1. The summed E-state index contributed by atoms with van der Waals surface area (Å²) in [4.78, 5) is 16.3. The first-order chi connectivity index (χ1) is 13.1. The third kappa shape index (κ3) is 5.74. The van der Waals surface area contributed by atoms with Gasteiger partial charge in [0.25, 0.3) is 0 Å². The Balaban J connectivity index is 1.44. The van der Waals surface area contributed by atoms with Crippen molar-refractivity contribution < 1.29 is 13.7 Å². The second-order valence-corrected chi connectivity index (χ2v) is 6.51. The van der Waals surface area contributed by atoms with Gasteiger partial charge in [-0.3, -0.25) is 4.79 Å². The molecular weight excluding hydrogens is 345 g/mol. The first-order valence-electron chi connectivity index (χ1n) is 9.02. The number of aromatic nitrogens is 2. The molecule has 1 atom stereocenters. The Morgan fingerprint density at radius 3 is 2.74 bits per heavy atom. The summed E-state index contributed by atoms with van der Waals surface area (Å²) in [5, 5.41) is 6.83. The zero-order chi connectivity index (χ0) is 19.1. The quantitative estimate of drug-likeness (QED) is 0.655. The molecule has 1 aromatic heterocycles. The molecule has 0 fully saturated rings. The second kappa shape index (κ2) is 9.07. The van der Waals surface area contributed by atoms with E-state index in [-0.39, 0.29) is 24.2 Å². The minimum atomic E-state index is -0.359. The van der Waals surface area contributed by atoms with Crippen molar-refractivity contribution in [2.45, 2.75) is 38.6 Å². The molecule has 1 amide bonds. The maximum Gasteiger partial charge on any atom is 0.227 e. The van der Waals surface area contributed by atoms with Crippen LogP contribution >= 0.6 is 0 Å². The molecule has 3 aromatic rings. The molecule has 27 heavy (non-hydrogen) atoms. The molecule has 1 heterocycles. The lowest BCUT2D eigenvalue weighted by Gasteiger charge is -2.13. The van der Waals surface area contributed by atoms with Crippen LogP contribution in [-0.4, -0.2) is 22.1 Å². The average Bonchev–Trinajstić information content (AvgIpc) is 3.15. The lowest BCUT2D eigenvalue weighted by Crippen LogP contribution is -2.33. The first-order valence-corrected chi connectivity index (χ1v) is 9.02. The fourth-order valence-electron chi connectivity index (χ4n) is 2.77. The van der Waals surface area contributed by atoms with Gasteiger partial charge in [0.1, 0.15) is 5.82 Å². The molecule has 5 nitrogen and oxygen atoms in total. The van der Waals surface area contributed by atoms with Crippen LogP contribution in [0.5, 0.6) is 0 Å². The third-order valence-corrected chi connectivity index (χ3v) is 4.23. The molecule has 0 spiro atoms.